The molecular formula is C22H23Cl2N3O2. The fourth-order valence-electron chi connectivity index (χ4n) is 2.90. The zero-order valence-corrected chi connectivity index (χ0v) is 18.2. The van der Waals surface area contributed by atoms with Gasteiger partial charge in [-0.1, -0.05) is 41.4 Å². The van der Waals surface area contributed by atoms with Crippen LogP contribution in [0.25, 0.3) is 0 Å². The maximum absolute atomic E-state index is 12.8. The Morgan fingerprint density at radius 2 is 1.97 bits per heavy atom. The molecule has 0 aliphatic rings. The molecule has 0 fully saturated rings. The number of ether oxygens (including phenoxy) is 1. The molecule has 0 saturated heterocycles. The summed E-state index contributed by atoms with van der Waals surface area (Å²) in [5.41, 5.74) is 3.21. The van der Waals surface area contributed by atoms with Crippen LogP contribution in [0.5, 0.6) is 5.75 Å². The molecule has 2 aromatic carbocycles. The van der Waals surface area contributed by atoms with Crippen LogP contribution in [0.2, 0.25) is 10.0 Å². The first-order valence-electron chi connectivity index (χ1n) is 9.32. The van der Waals surface area contributed by atoms with Gasteiger partial charge in [0.05, 0.1) is 16.6 Å². The third kappa shape index (κ3) is 5.31. The van der Waals surface area contributed by atoms with E-state index in [1.165, 1.54) is 0 Å². The van der Waals surface area contributed by atoms with Crippen molar-refractivity contribution in [2.45, 2.75) is 33.5 Å². The van der Waals surface area contributed by atoms with Gasteiger partial charge in [0.1, 0.15) is 18.1 Å². The molecule has 29 heavy (non-hydrogen) atoms. The summed E-state index contributed by atoms with van der Waals surface area (Å²) in [5.74, 6) is 0.518. The van der Waals surface area contributed by atoms with Crippen LogP contribution in [0, 0.1) is 6.92 Å². The Labute approximate surface area is 180 Å². The van der Waals surface area contributed by atoms with Crippen molar-refractivity contribution in [2.24, 2.45) is 0 Å². The Morgan fingerprint density at radius 1 is 1.17 bits per heavy atom. The molecule has 5 nitrogen and oxygen atoms in total. The van der Waals surface area contributed by atoms with Crippen LogP contribution in [0.15, 0.2) is 48.7 Å². The molecule has 0 unspecified atom stereocenters. The smallest absolute Gasteiger partial charge is 0.253 e. The highest BCUT2D eigenvalue weighted by Crippen LogP contribution is 2.26. The standard InChI is InChI=1S/C22H23Cl2N3O2/c1-4-27-12-19(24)20(25-27)13-26(3)22(28)17-7-5-6-16(11-17)14-29-21-10-15(2)8-9-18(21)23/h5-12H,4,13-14H2,1-3H3. The number of aryl methyl sites for hydroxylation is 2. The molecule has 0 N–H and O–H groups in total. The summed E-state index contributed by atoms with van der Waals surface area (Å²) in [7, 11) is 1.74. The highest BCUT2D eigenvalue weighted by molar-refractivity contribution is 6.32. The van der Waals surface area contributed by atoms with Crippen molar-refractivity contribution < 1.29 is 9.53 Å². The molecule has 0 aliphatic carbocycles. The number of carbonyl (C=O) groups excluding carboxylic acids is 1. The van der Waals surface area contributed by atoms with Crippen LogP contribution in [0.4, 0.5) is 0 Å². The number of amides is 1. The Balaban J connectivity index is 1.68. The summed E-state index contributed by atoms with van der Waals surface area (Å²) in [6.45, 7) is 5.35. The molecular weight excluding hydrogens is 409 g/mol. The lowest BCUT2D eigenvalue weighted by Gasteiger charge is -2.17. The number of benzene rings is 2. The fourth-order valence-corrected chi connectivity index (χ4v) is 3.28. The van der Waals surface area contributed by atoms with Gasteiger partial charge in [0.2, 0.25) is 0 Å². The van der Waals surface area contributed by atoms with E-state index in [4.69, 9.17) is 27.9 Å². The molecule has 1 aromatic heterocycles. The second kappa shape index (κ2) is 9.33. The van der Waals surface area contributed by atoms with E-state index in [9.17, 15) is 4.79 Å². The van der Waals surface area contributed by atoms with Gasteiger partial charge in [-0.05, 0) is 49.2 Å². The average Bonchev–Trinajstić information content (AvgIpc) is 3.07. The normalized spacial score (nSPS) is 10.8. The predicted octanol–water partition coefficient (Wildman–Crippen LogP) is 5.37. The number of hydrogen-bond acceptors (Lipinski definition) is 3. The SMILES string of the molecule is CCn1cc(Cl)c(CN(C)C(=O)c2cccc(COc3cc(C)ccc3Cl)c2)n1. The number of hydrogen-bond donors (Lipinski definition) is 0. The average molecular weight is 432 g/mol. The minimum Gasteiger partial charge on any atom is -0.487 e. The van der Waals surface area contributed by atoms with Gasteiger partial charge in [-0.15, -0.1) is 0 Å². The summed E-state index contributed by atoms with van der Waals surface area (Å²) in [4.78, 5) is 14.5. The molecule has 0 spiro atoms. The van der Waals surface area contributed by atoms with Gasteiger partial charge in [0, 0.05) is 25.4 Å². The van der Waals surface area contributed by atoms with Gasteiger partial charge in [0.25, 0.3) is 5.91 Å². The maximum Gasteiger partial charge on any atom is 0.253 e. The predicted molar refractivity (Wildman–Crippen MR) is 116 cm³/mol. The van der Waals surface area contributed by atoms with Crippen molar-refractivity contribution in [3.63, 3.8) is 0 Å². The van der Waals surface area contributed by atoms with Gasteiger partial charge in [-0.2, -0.15) is 5.10 Å². The van der Waals surface area contributed by atoms with Crippen LogP contribution in [-0.2, 0) is 19.7 Å². The molecule has 3 aromatic rings. The molecule has 0 bridgehead atoms. The number of aromatic nitrogens is 2. The topological polar surface area (TPSA) is 47.4 Å². The van der Waals surface area contributed by atoms with E-state index in [0.717, 1.165) is 17.7 Å². The summed E-state index contributed by atoms with van der Waals surface area (Å²) >= 11 is 12.4. The number of nitrogens with zero attached hydrogens (tertiary/aromatic N) is 3. The molecule has 0 saturated carbocycles. The summed E-state index contributed by atoms with van der Waals surface area (Å²) < 4.78 is 7.59. The molecule has 1 amide bonds. The first-order chi connectivity index (χ1) is 13.9. The van der Waals surface area contributed by atoms with Crippen LogP contribution < -0.4 is 4.74 Å². The van der Waals surface area contributed by atoms with E-state index in [0.29, 0.717) is 40.2 Å². The van der Waals surface area contributed by atoms with E-state index < -0.39 is 0 Å². The second-order valence-electron chi connectivity index (χ2n) is 6.86. The van der Waals surface area contributed by atoms with E-state index in [1.54, 1.807) is 28.9 Å². The van der Waals surface area contributed by atoms with Crippen molar-refractivity contribution in [1.82, 2.24) is 14.7 Å². The monoisotopic (exact) mass is 431 g/mol. The molecule has 152 valence electrons. The molecule has 7 heteroatoms. The minimum absolute atomic E-state index is 0.109. The lowest BCUT2D eigenvalue weighted by atomic mass is 10.1. The van der Waals surface area contributed by atoms with E-state index in [1.807, 2.05) is 50.2 Å². The first kappa shape index (κ1) is 21.2. The van der Waals surface area contributed by atoms with Gasteiger partial charge in [-0.25, -0.2) is 0 Å². The number of rotatable bonds is 7. The van der Waals surface area contributed by atoms with Crippen molar-refractivity contribution in [3.8, 4) is 5.75 Å². The Bertz CT molecular complexity index is 1020. The lowest BCUT2D eigenvalue weighted by molar-refractivity contribution is 0.0783. The van der Waals surface area contributed by atoms with Gasteiger partial charge in [0.15, 0.2) is 0 Å². The van der Waals surface area contributed by atoms with E-state index in [-0.39, 0.29) is 5.91 Å². The van der Waals surface area contributed by atoms with Crippen molar-refractivity contribution in [1.29, 1.82) is 0 Å². The quantitative estimate of drug-likeness (QED) is 0.504. The van der Waals surface area contributed by atoms with Crippen LogP contribution >= 0.6 is 23.2 Å². The van der Waals surface area contributed by atoms with Gasteiger partial charge < -0.3 is 9.64 Å². The van der Waals surface area contributed by atoms with Gasteiger partial charge >= 0.3 is 0 Å². The summed E-state index contributed by atoms with van der Waals surface area (Å²) in [6.07, 6.45) is 1.77. The largest absolute Gasteiger partial charge is 0.487 e. The third-order valence-corrected chi connectivity index (χ3v) is 5.13. The second-order valence-corrected chi connectivity index (χ2v) is 7.68. The number of halogens is 2. The van der Waals surface area contributed by atoms with Crippen molar-refractivity contribution in [3.05, 3.63) is 81.1 Å². The molecule has 0 atom stereocenters. The lowest BCUT2D eigenvalue weighted by Crippen LogP contribution is -2.26. The zero-order valence-electron chi connectivity index (χ0n) is 16.7. The van der Waals surface area contributed by atoms with Crippen LogP contribution in [-0.4, -0.2) is 27.6 Å². The maximum atomic E-state index is 12.8. The highest BCUT2D eigenvalue weighted by Gasteiger charge is 2.16. The fraction of sp³-hybridized carbons (Fsp3) is 0.273. The summed E-state index contributed by atoms with van der Waals surface area (Å²) in [5, 5.41) is 5.52. The Morgan fingerprint density at radius 3 is 2.69 bits per heavy atom. The van der Waals surface area contributed by atoms with Crippen LogP contribution in [0.3, 0.4) is 0 Å². The Hall–Kier alpha value is -2.50. The minimum atomic E-state index is -0.109. The van der Waals surface area contributed by atoms with E-state index >= 15 is 0 Å². The molecule has 3 rings (SSSR count). The molecule has 1 heterocycles. The van der Waals surface area contributed by atoms with Crippen LogP contribution in [0.1, 0.15) is 34.1 Å². The third-order valence-electron chi connectivity index (χ3n) is 4.50. The van der Waals surface area contributed by atoms with Crippen molar-refractivity contribution in [2.75, 3.05) is 7.05 Å². The first-order valence-corrected chi connectivity index (χ1v) is 10.1. The van der Waals surface area contributed by atoms with Crippen molar-refractivity contribution >= 4 is 29.1 Å². The molecule has 0 aliphatic heterocycles. The zero-order chi connectivity index (χ0) is 21.0. The van der Waals surface area contributed by atoms with E-state index in [2.05, 4.69) is 5.10 Å². The Kier molecular flexibility index (Phi) is 6.83. The van der Waals surface area contributed by atoms with Gasteiger partial charge in [-0.3, -0.25) is 9.48 Å². The molecule has 0 radical (unpaired) electrons. The summed E-state index contributed by atoms with van der Waals surface area (Å²) in [6, 6.07) is 13.0. The number of carbonyl (C=O) groups is 1. The highest BCUT2D eigenvalue weighted by atomic mass is 35.5.